The SMILES string of the molecule is COc1ccc(-[s+]2c3ccccc3c3ccccc32)cc1OCc1ccc(I)cc1. The number of halogens is 1. The smallest absolute Gasteiger partial charge is 0.187 e. The molecule has 4 aromatic carbocycles. The van der Waals surface area contributed by atoms with Crippen LogP contribution in [0.2, 0.25) is 0 Å². The second kappa shape index (κ2) is 8.28. The molecule has 0 aliphatic rings. The van der Waals surface area contributed by atoms with Crippen molar-refractivity contribution in [1.29, 1.82) is 0 Å². The summed E-state index contributed by atoms with van der Waals surface area (Å²) in [7, 11) is 1.54. The lowest BCUT2D eigenvalue weighted by atomic mass is 10.2. The number of hydrogen-bond acceptors (Lipinski definition) is 2. The number of methoxy groups -OCH3 is 1. The molecule has 0 saturated carbocycles. The van der Waals surface area contributed by atoms with Gasteiger partial charge in [0.15, 0.2) is 25.8 Å². The van der Waals surface area contributed by atoms with Crippen molar-refractivity contribution in [2.75, 3.05) is 7.11 Å². The second-order valence-corrected chi connectivity index (χ2v) is 10.2. The maximum Gasteiger partial charge on any atom is 0.187 e. The van der Waals surface area contributed by atoms with Crippen molar-refractivity contribution < 1.29 is 9.47 Å². The first-order valence-electron chi connectivity index (χ1n) is 9.72. The number of fused-ring (bicyclic) bond motifs is 3. The average molecular weight is 523 g/mol. The lowest BCUT2D eigenvalue weighted by molar-refractivity contribution is 0.285. The Morgan fingerprint density at radius 3 is 2.00 bits per heavy atom. The van der Waals surface area contributed by atoms with Gasteiger partial charge in [-0.1, -0.05) is 36.4 Å². The van der Waals surface area contributed by atoms with Crippen molar-refractivity contribution in [2.45, 2.75) is 6.61 Å². The van der Waals surface area contributed by atoms with Gasteiger partial charge in [0.1, 0.15) is 6.61 Å². The van der Waals surface area contributed by atoms with Crippen LogP contribution >= 0.6 is 33.1 Å². The quantitative estimate of drug-likeness (QED) is 0.172. The van der Waals surface area contributed by atoms with E-state index in [9.17, 15) is 0 Å². The average Bonchev–Trinajstić information content (AvgIpc) is 3.13. The minimum Gasteiger partial charge on any atom is -0.493 e. The number of benzene rings is 4. The van der Waals surface area contributed by atoms with Gasteiger partial charge in [0.05, 0.1) is 7.11 Å². The van der Waals surface area contributed by atoms with Crippen molar-refractivity contribution in [3.05, 3.63) is 100 Å². The van der Waals surface area contributed by atoms with E-state index >= 15 is 0 Å². The fraction of sp³-hybridized carbons (Fsp3) is 0.0769. The molecule has 0 bridgehead atoms. The number of rotatable bonds is 5. The highest BCUT2D eigenvalue weighted by molar-refractivity contribution is 14.1. The molecule has 0 saturated heterocycles. The standard InChI is InChI=1S/C26H20IO2S/c1-28-23-15-14-20(16-24(23)29-17-18-10-12-19(27)13-11-18)30-25-8-4-2-6-21(25)22-7-3-5-9-26(22)30/h2-16H,17H2,1H3/q+1. The Labute approximate surface area is 192 Å². The Hall–Kier alpha value is -2.57. The minimum atomic E-state index is -0.149. The zero-order chi connectivity index (χ0) is 20.5. The monoisotopic (exact) mass is 523 g/mol. The van der Waals surface area contributed by atoms with Gasteiger partial charge in [0, 0.05) is 36.9 Å². The molecule has 148 valence electrons. The van der Waals surface area contributed by atoms with Crippen molar-refractivity contribution in [3.8, 4) is 16.4 Å². The van der Waals surface area contributed by atoms with E-state index in [-0.39, 0.29) is 10.5 Å². The highest BCUT2D eigenvalue weighted by Gasteiger charge is 2.24. The van der Waals surface area contributed by atoms with E-state index in [0.717, 1.165) is 17.1 Å². The maximum atomic E-state index is 6.21. The number of ether oxygens (including phenoxy) is 2. The van der Waals surface area contributed by atoms with Gasteiger partial charge in [-0.25, -0.2) is 0 Å². The van der Waals surface area contributed by atoms with Crippen LogP contribution in [0, 0.1) is 3.57 Å². The van der Waals surface area contributed by atoms with Crippen molar-refractivity contribution in [1.82, 2.24) is 0 Å². The summed E-state index contributed by atoms with van der Waals surface area (Å²) in [6, 6.07) is 32.2. The summed E-state index contributed by atoms with van der Waals surface area (Å²) in [4.78, 5) is 1.24. The molecule has 4 heteroatoms. The van der Waals surface area contributed by atoms with E-state index in [2.05, 4.69) is 108 Å². The topological polar surface area (TPSA) is 18.5 Å². The predicted octanol–water partition coefficient (Wildman–Crippen LogP) is 7.92. The van der Waals surface area contributed by atoms with Crippen molar-refractivity contribution in [2.24, 2.45) is 0 Å². The molecule has 0 amide bonds. The summed E-state index contributed by atoms with van der Waals surface area (Å²) in [5.74, 6) is 1.54. The van der Waals surface area contributed by atoms with E-state index in [1.807, 2.05) is 6.07 Å². The zero-order valence-electron chi connectivity index (χ0n) is 16.5. The highest BCUT2D eigenvalue weighted by atomic mass is 127. The fourth-order valence-electron chi connectivity index (χ4n) is 3.75. The molecule has 5 aromatic rings. The van der Waals surface area contributed by atoms with E-state index in [1.54, 1.807) is 7.11 Å². The third-order valence-electron chi connectivity index (χ3n) is 5.18. The van der Waals surface area contributed by atoms with Crippen LogP contribution in [0.25, 0.3) is 25.1 Å². The number of hydrogen-bond donors (Lipinski definition) is 0. The molecular weight excluding hydrogens is 503 g/mol. The molecule has 0 aliphatic heterocycles. The molecule has 0 aliphatic carbocycles. The molecule has 0 unspecified atom stereocenters. The molecule has 0 atom stereocenters. The highest BCUT2D eigenvalue weighted by Crippen LogP contribution is 2.49. The third kappa shape index (κ3) is 3.55. The Morgan fingerprint density at radius 1 is 0.733 bits per heavy atom. The zero-order valence-corrected chi connectivity index (χ0v) is 19.4. The van der Waals surface area contributed by atoms with Crippen molar-refractivity contribution in [3.63, 3.8) is 0 Å². The molecule has 0 N–H and O–H groups in total. The van der Waals surface area contributed by atoms with Gasteiger partial charge in [0.25, 0.3) is 0 Å². The normalized spacial score (nSPS) is 11.1. The van der Waals surface area contributed by atoms with Crippen LogP contribution in [0.15, 0.2) is 91.0 Å². The van der Waals surface area contributed by atoms with E-state index < -0.39 is 0 Å². The molecular formula is C26H20IO2S+. The lowest BCUT2D eigenvalue weighted by Gasteiger charge is -2.11. The van der Waals surface area contributed by atoms with Crippen LogP contribution in [0.3, 0.4) is 0 Å². The van der Waals surface area contributed by atoms with Crippen LogP contribution in [-0.4, -0.2) is 7.11 Å². The first kappa shape index (κ1) is 19.4. The van der Waals surface area contributed by atoms with Gasteiger partial charge in [-0.05, 0) is 70.6 Å². The van der Waals surface area contributed by atoms with Gasteiger partial charge < -0.3 is 9.47 Å². The minimum absolute atomic E-state index is 0.149. The molecule has 0 spiro atoms. The van der Waals surface area contributed by atoms with Crippen LogP contribution in [0.5, 0.6) is 11.5 Å². The van der Waals surface area contributed by atoms with E-state index in [0.29, 0.717) is 6.61 Å². The third-order valence-corrected chi connectivity index (χ3v) is 8.22. The van der Waals surface area contributed by atoms with Gasteiger partial charge in [0.2, 0.25) is 0 Å². The summed E-state index contributed by atoms with van der Waals surface area (Å²) in [5, 5.41) is 2.65. The predicted molar refractivity (Wildman–Crippen MR) is 135 cm³/mol. The fourth-order valence-corrected chi connectivity index (χ4v) is 6.50. The van der Waals surface area contributed by atoms with Crippen molar-refractivity contribution >= 4 is 53.2 Å². The Bertz CT molecular complexity index is 1290. The maximum absolute atomic E-state index is 6.21. The van der Waals surface area contributed by atoms with Crippen LogP contribution < -0.4 is 9.47 Å². The summed E-state index contributed by atoms with van der Waals surface area (Å²) in [6.07, 6.45) is 0. The molecule has 2 nitrogen and oxygen atoms in total. The molecule has 0 radical (unpaired) electrons. The Kier molecular flexibility index (Phi) is 5.35. The van der Waals surface area contributed by atoms with Crippen LogP contribution in [0.4, 0.5) is 0 Å². The van der Waals surface area contributed by atoms with E-state index in [4.69, 9.17) is 9.47 Å². The Morgan fingerprint density at radius 2 is 1.37 bits per heavy atom. The summed E-state index contributed by atoms with van der Waals surface area (Å²) < 4.78 is 15.7. The van der Waals surface area contributed by atoms with Gasteiger partial charge >= 0.3 is 0 Å². The van der Waals surface area contributed by atoms with Gasteiger partial charge in [-0.3, -0.25) is 0 Å². The van der Waals surface area contributed by atoms with Crippen LogP contribution in [0.1, 0.15) is 5.56 Å². The summed E-state index contributed by atoms with van der Waals surface area (Å²) in [6.45, 7) is 0.512. The summed E-state index contributed by atoms with van der Waals surface area (Å²) >= 11 is 2.31. The van der Waals surface area contributed by atoms with Crippen LogP contribution in [-0.2, 0) is 6.61 Å². The molecule has 30 heavy (non-hydrogen) atoms. The lowest BCUT2D eigenvalue weighted by Crippen LogP contribution is -1.97. The van der Waals surface area contributed by atoms with Gasteiger partial charge in [-0.2, -0.15) is 0 Å². The molecule has 0 fully saturated rings. The molecule has 1 heterocycles. The molecule has 1 aromatic heterocycles. The first-order chi connectivity index (χ1) is 14.7. The van der Waals surface area contributed by atoms with Gasteiger partial charge in [-0.15, -0.1) is 0 Å². The Balaban J connectivity index is 1.60. The molecule has 5 rings (SSSR count). The second-order valence-electron chi connectivity index (χ2n) is 7.03. The first-order valence-corrected chi connectivity index (χ1v) is 12.0. The number of thiophene rings is 1. The summed E-state index contributed by atoms with van der Waals surface area (Å²) in [5.41, 5.74) is 1.14. The van der Waals surface area contributed by atoms with E-state index in [1.165, 1.54) is 28.6 Å². The largest absolute Gasteiger partial charge is 0.493 e.